The number of nitrogens with two attached hydrogens (primary N) is 1. The minimum absolute atomic E-state index is 0.326. The smallest absolute Gasteiger partial charge is 0.242 e. The second-order valence-electron chi connectivity index (χ2n) is 6.17. The van der Waals surface area contributed by atoms with Gasteiger partial charge in [0.25, 0.3) is 0 Å². The van der Waals surface area contributed by atoms with Crippen molar-refractivity contribution in [2.24, 2.45) is 5.73 Å². The zero-order valence-corrected chi connectivity index (χ0v) is 14.0. The molecule has 4 rings (SSSR count). The number of amides is 1. The Morgan fingerprint density at radius 3 is 3.00 bits per heavy atom. The molecule has 0 saturated carbocycles. The van der Waals surface area contributed by atoms with Crippen molar-refractivity contribution in [3.05, 3.63) is 16.3 Å². The van der Waals surface area contributed by atoms with E-state index in [1.54, 1.807) is 11.3 Å². The van der Waals surface area contributed by atoms with E-state index in [2.05, 4.69) is 4.98 Å². The third-order valence-electron chi connectivity index (χ3n) is 4.64. The second kappa shape index (κ2) is 5.72. The molecule has 1 atom stereocenters. The molecule has 0 spiro atoms. The molecule has 1 saturated heterocycles. The van der Waals surface area contributed by atoms with Crippen molar-refractivity contribution in [1.82, 2.24) is 9.97 Å². The predicted molar refractivity (Wildman–Crippen MR) is 89.9 cm³/mol. The lowest BCUT2D eigenvalue weighted by molar-refractivity contribution is -0.121. The molecule has 0 bridgehead atoms. The molecule has 1 fully saturated rings. The third-order valence-corrected chi connectivity index (χ3v) is 5.82. The molecule has 2 aliphatic rings. The Kier molecular flexibility index (Phi) is 3.69. The van der Waals surface area contributed by atoms with E-state index in [9.17, 15) is 4.79 Å². The number of hydrogen-bond donors (Lipinski definition) is 1. The number of aromatic nitrogens is 2. The Bertz CT molecular complexity index is 773. The summed E-state index contributed by atoms with van der Waals surface area (Å²) < 4.78 is 5.45. The van der Waals surface area contributed by atoms with Gasteiger partial charge in [-0.15, -0.1) is 11.3 Å². The monoisotopic (exact) mass is 332 g/mol. The van der Waals surface area contributed by atoms with E-state index in [-0.39, 0.29) is 5.91 Å². The van der Waals surface area contributed by atoms with Crippen LogP contribution in [0.15, 0.2) is 0 Å². The van der Waals surface area contributed by atoms with E-state index < -0.39 is 6.04 Å². The van der Waals surface area contributed by atoms with Gasteiger partial charge in [-0.2, -0.15) is 0 Å². The number of thiophene rings is 1. The fraction of sp³-hybridized carbons (Fsp3) is 0.562. The lowest BCUT2D eigenvalue weighted by atomic mass is 9.96. The Hall–Kier alpha value is -1.73. The zero-order valence-electron chi connectivity index (χ0n) is 13.2. The molecule has 23 heavy (non-hydrogen) atoms. The van der Waals surface area contributed by atoms with Gasteiger partial charge >= 0.3 is 0 Å². The van der Waals surface area contributed by atoms with Crippen LogP contribution in [-0.4, -0.2) is 41.7 Å². The minimum Gasteiger partial charge on any atom is -0.377 e. The van der Waals surface area contributed by atoms with Gasteiger partial charge in [0, 0.05) is 11.4 Å². The molecular formula is C16H20N4O2S. The maximum atomic E-state index is 11.8. The van der Waals surface area contributed by atoms with Gasteiger partial charge in [0.05, 0.1) is 18.6 Å². The highest BCUT2D eigenvalue weighted by atomic mass is 32.1. The first-order valence-electron chi connectivity index (χ1n) is 8.07. The fourth-order valence-electron chi connectivity index (χ4n) is 3.54. The molecule has 7 heteroatoms. The van der Waals surface area contributed by atoms with E-state index in [0.29, 0.717) is 19.8 Å². The van der Waals surface area contributed by atoms with E-state index in [1.807, 2.05) is 11.8 Å². The first-order chi connectivity index (χ1) is 11.1. The molecule has 0 unspecified atom stereocenters. The average molecular weight is 332 g/mol. The van der Waals surface area contributed by atoms with Crippen LogP contribution in [0.5, 0.6) is 0 Å². The van der Waals surface area contributed by atoms with E-state index in [1.165, 1.54) is 23.3 Å². The van der Waals surface area contributed by atoms with Crippen LogP contribution in [0.3, 0.4) is 0 Å². The number of carbonyl (C=O) groups excluding carboxylic acids is 1. The average Bonchev–Trinajstić information content (AvgIpc) is 2.92. The summed E-state index contributed by atoms with van der Waals surface area (Å²) in [6.07, 6.45) is 4.63. The molecule has 122 valence electrons. The maximum Gasteiger partial charge on any atom is 0.242 e. The number of fused-ring (bicyclic) bond motifs is 3. The van der Waals surface area contributed by atoms with Crippen molar-refractivity contribution in [2.45, 2.75) is 38.6 Å². The summed E-state index contributed by atoms with van der Waals surface area (Å²) in [4.78, 5) is 25.7. The highest BCUT2D eigenvalue weighted by molar-refractivity contribution is 7.19. The van der Waals surface area contributed by atoms with Crippen LogP contribution in [0.4, 0.5) is 5.82 Å². The van der Waals surface area contributed by atoms with Crippen LogP contribution in [0, 0.1) is 6.92 Å². The molecule has 3 heterocycles. The van der Waals surface area contributed by atoms with Crippen molar-refractivity contribution in [2.75, 3.05) is 24.7 Å². The quantitative estimate of drug-likeness (QED) is 0.903. The minimum atomic E-state index is -0.458. The van der Waals surface area contributed by atoms with Gasteiger partial charge in [0.1, 0.15) is 22.5 Å². The fourth-order valence-corrected chi connectivity index (χ4v) is 4.84. The van der Waals surface area contributed by atoms with Gasteiger partial charge < -0.3 is 15.4 Å². The summed E-state index contributed by atoms with van der Waals surface area (Å²) in [6, 6.07) is -0.458. The van der Waals surface area contributed by atoms with Gasteiger partial charge in [-0.25, -0.2) is 9.97 Å². The first-order valence-corrected chi connectivity index (χ1v) is 8.89. The molecule has 2 N–H and O–H groups in total. The summed E-state index contributed by atoms with van der Waals surface area (Å²) in [7, 11) is 0. The largest absolute Gasteiger partial charge is 0.377 e. The lowest BCUT2D eigenvalue weighted by Gasteiger charge is -2.35. The number of rotatable bonds is 2. The Morgan fingerprint density at radius 1 is 1.35 bits per heavy atom. The van der Waals surface area contributed by atoms with Gasteiger partial charge in [-0.1, -0.05) is 0 Å². The van der Waals surface area contributed by atoms with E-state index in [4.69, 9.17) is 15.5 Å². The van der Waals surface area contributed by atoms with E-state index in [0.717, 1.165) is 34.7 Å². The summed E-state index contributed by atoms with van der Waals surface area (Å²) in [5.41, 5.74) is 6.96. The molecular weight excluding hydrogens is 312 g/mol. The van der Waals surface area contributed by atoms with Gasteiger partial charge in [0.15, 0.2) is 0 Å². The number of morpholine rings is 1. The predicted octanol–water partition coefficient (Wildman–Crippen LogP) is 1.57. The van der Waals surface area contributed by atoms with Crippen LogP contribution in [0.1, 0.15) is 29.1 Å². The van der Waals surface area contributed by atoms with Gasteiger partial charge in [-0.3, -0.25) is 4.79 Å². The molecule has 6 nitrogen and oxygen atoms in total. The molecule has 1 aliphatic heterocycles. The van der Waals surface area contributed by atoms with Crippen LogP contribution >= 0.6 is 11.3 Å². The number of anilines is 1. The standard InChI is InChI=1S/C16H20N4O2S/c1-9-18-15(20-6-7-22-8-11(20)14(17)21)13-10-4-2-3-5-12(10)23-16(13)19-9/h11H,2-8H2,1H3,(H2,17,21)/t11-/m0/s1. The van der Waals surface area contributed by atoms with Crippen molar-refractivity contribution >= 4 is 33.3 Å². The van der Waals surface area contributed by atoms with Crippen LogP contribution in [0.2, 0.25) is 0 Å². The number of hydrogen-bond acceptors (Lipinski definition) is 6. The van der Waals surface area contributed by atoms with Crippen molar-refractivity contribution in [3.8, 4) is 0 Å². The number of nitrogens with zero attached hydrogens (tertiary/aromatic N) is 3. The first kappa shape index (κ1) is 14.8. The number of carbonyl (C=O) groups is 1. The molecule has 1 amide bonds. The summed E-state index contributed by atoms with van der Waals surface area (Å²) >= 11 is 1.78. The third kappa shape index (κ3) is 2.48. The number of ether oxygens (including phenoxy) is 1. The van der Waals surface area contributed by atoms with Crippen molar-refractivity contribution < 1.29 is 9.53 Å². The van der Waals surface area contributed by atoms with Gasteiger partial charge in [0.2, 0.25) is 5.91 Å². The van der Waals surface area contributed by atoms with E-state index >= 15 is 0 Å². The van der Waals surface area contributed by atoms with Crippen molar-refractivity contribution in [1.29, 1.82) is 0 Å². The Morgan fingerprint density at radius 2 is 2.17 bits per heavy atom. The molecule has 0 radical (unpaired) electrons. The number of primary amides is 1. The highest BCUT2D eigenvalue weighted by Gasteiger charge is 2.32. The molecule has 2 aromatic rings. The van der Waals surface area contributed by atoms with Crippen LogP contribution in [-0.2, 0) is 22.4 Å². The molecule has 1 aliphatic carbocycles. The summed E-state index contributed by atoms with van der Waals surface area (Å²) in [5.74, 6) is 1.23. The van der Waals surface area contributed by atoms with Crippen LogP contribution < -0.4 is 10.6 Å². The summed E-state index contributed by atoms with van der Waals surface area (Å²) in [6.45, 7) is 3.44. The SMILES string of the molecule is Cc1nc(N2CCOC[C@H]2C(N)=O)c2c3c(sc2n1)CCCC3. The Balaban J connectivity index is 1.91. The second-order valence-corrected chi connectivity index (χ2v) is 7.26. The molecule has 0 aromatic carbocycles. The van der Waals surface area contributed by atoms with Crippen LogP contribution in [0.25, 0.3) is 10.2 Å². The lowest BCUT2D eigenvalue weighted by Crippen LogP contribution is -2.53. The maximum absolute atomic E-state index is 11.8. The summed E-state index contributed by atoms with van der Waals surface area (Å²) in [5, 5.41) is 1.13. The number of aryl methyl sites for hydroxylation is 3. The van der Waals surface area contributed by atoms with Crippen molar-refractivity contribution in [3.63, 3.8) is 0 Å². The van der Waals surface area contributed by atoms with Gasteiger partial charge in [-0.05, 0) is 38.2 Å². The zero-order chi connectivity index (χ0) is 16.0. The Labute approximate surface area is 138 Å². The topological polar surface area (TPSA) is 81.3 Å². The molecule has 2 aromatic heterocycles. The normalized spacial score (nSPS) is 21.4. The highest BCUT2D eigenvalue weighted by Crippen LogP contribution is 2.40.